The van der Waals surface area contributed by atoms with E-state index in [-0.39, 0.29) is 0 Å². The van der Waals surface area contributed by atoms with E-state index in [2.05, 4.69) is 55.5 Å². The zero-order chi connectivity index (χ0) is 12.5. The highest BCUT2D eigenvalue weighted by Gasteiger charge is 2.37. The molecule has 0 saturated heterocycles. The topological polar surface area (TPSA) is 17.8 Å². The van der Waals surface area contributed by atoms with Crippen LogP contribution in [0.2, 0.25) is 0 Å². The van der Waals surface area contributed by atoms with Crippen molar-refractivity contribution in [1.29, 1.82) is 0 Å². The van der Waals surface area contributed by atoms with Crippen LogP contribution in [0, 0.1) is 5.41 Å². The molecule has 1 aliphatic rings. The lowest BCUT2D eigenvalue weighted by atomic mass is 9.67. The molecule has 4 heteroatoms. The SMILES string of the molecule is CCc1nn(CC)c(CC2(CBr)CCC2)c1Br. The summed E-state index contributed by atoms with van der Waals surface area (Å²) in [6.45, 7) is 5.30. The number of rotatable bonds is 5. The summed E-state index contributed by atoms with van der Waals surface area (Å²) in [5.41, 5.74) is 3.08. The van der Waals surface area contributed by atoms with Crippen molar-refractivity contribution in [2.45, 2.75) is 52.5 Å². The molecule has 1 heterocycles. The van der Waals surface area contributed by atoms with E-state index in [1.54, 1.807) is 0 Å². The number of nitrogens with zero attached hydrogens (tertiary/aromatic N) is 2. The van der Waals surface area contributed by atoms with E-state index >= 15 is 0 Å². The summed E-state index contributed by atoms with van der Waals surface area (Å²) in [4.78, 5) is 0. The fourth-order valence-corrected chi connectivity index (χ4v) is 4.04. The lowest BCUT2D eigenvalue weighted by Gasteiger charge is -2.40. The minimum atomic E-state index is 0.487. The highest BCUT2D eigenvalue weighted by atomic mass is 79.9. The molecule has 2 nitrogen and oxygen atoms in total. The van der Waals surface area contributed by atoms with Crippen LogP contribution in [-0.2, 0) is 19.4 Å². The maximum atomic E-state index is 4.68. The Labute approximate surface area is 120 Å². The van der Waals surface area contributed by atoms with Gasteiger partial charge in [0.1, 0.15) is 0 Å². The van der Waals surface area contributed by atoms with Crippen LogP contribution in [0.1, 0.15) is 44.5 Å². The van der Waals surface area contributed by atoms with Gasteiger partial charge in [0, 0.05) is 11.9 Å². The molecule has 1 aromatic heterocycles. The van der Waals surface area contributed by atoms with Crippen LogP contribution in [0.4, 0.5) is 0 Å². The normalized spacial score (nSPS) is 18.1. The Bertz CT molecular complexity index is 389. The van der Waals surface area contributed by atoms with Crippen LogP contribution in [0.5, 0.6) is 0 Å². The number of hydrogen-bond acceptors (Lipinski definition) is 1. The minimum absolute atomic E-state index is 0.487. The third kappa shape index (κ3) is 2.48. The molecule has 0 amide bonds. The van der Waals surface area contributed by atoms with Crippen molar-refractivity contribution < 1.29 is 0 Å². The fourth-order valence-electron chi connectivity index (χ4n) is 2.58. The van der Waals surface area contributed by atoms with Gasteiger partial charge >= 0.3 is 0 Å². The number of aromatic nitrogens is 2. The minimum Gasteiger partial charge on any atom is -0.268 e. The van der Waals surface area contributed by atoms with Crippen molar-refractivity contribution in [2.75, 3.05) is 5.33 Å². The molecule has 0 atom stereocenters. The molecule has 96 valence electrons. The molecule has 0 radical (unpaired) electrons. The van der Waals surface area contributed by atoms with Gasteiger partial charge in [0.2, 0.25) is 0 Å². The molecule has 0 bridgehead atoms. The molecule has 0 aliphatic heterocycles. The van der Waals surface area contributed by atoms with Gasteiger partial charge < -0.3 is 0 Å². The molecule has 0 N–H and O–H groups in total. The van der Waals surface area contributed by atoms with Crippen LogP contribution in [0.3, 0.4) is 0 Å². The second-order valence-corrected chi connectivity index (χ2v) is 6.39. The Morgan fingerprint density at radius 3 is 2.47 bits per heavy atom. The second kappa shape index (κ2) is 5.43. The maximum absolute atomic E-state index is 4.68. The summed E-state index contributed by atoms with van der Waals surface area (Å²) in [7, 11) is 0. The van der Waals surface area contributed by atoms with Crippen molar-refractivity contribution in [1.82, 2.24) is 9.78 Å². The van der Waals surface area contributed by atoms with Gasteiger partial charge in [-0.3, -0.25) is 4.68 Å². The van der Waals surface area contributed by atoms with Crippen molar-refractivity contribution in [2.24, 2.45) is 5.41 Å². The molecule has 0 unspecified atom stereocenters. The Hall–Kier alpha value is 0.170. The summed E-state index contributed by atoms with van der Waals surface area (Å²) in [5.74, 6) is 0. The van der Waals surface area contributed by atoms with E-state index in [4.69, 9.17) is 0 Å². The van der Waals surface area contributed by atoms with Crippen molar-refractivity contribution >= 4 is 31.9 Å². The first-order valence-electron chi connectivity index (χ1n) is 6.46. The van der Waals surface area contributed by atoms with Gasteiger partial charge in [-0.25, -0.2) is 0 Å². The Kier molecular flexibility index (Phi) is 4.35. The Morgan fingerprint density at radius 1 is 1.35 bits per heavy atom. The standard InChI is InChI=1S/C13H20Br2N2/c1-3-10-12(15)11(17(4-2)16-10)8-13(9-14)6-5-7-13/h3-9H2,1-2H3. The number of alkyl halides is 1. The maximum Gasteiger partial charge on any atom is 0.0766 e. The third-order valence-electron chi connectivity index (χ3n) is 3.93. The summed E-state index contributed by atoms with van der Waals surface area (Å²) in [6, 6.07) is 0. The molecule has 1 fully saturated rings. The average molecular weight is 364 g/mol. The molecule has 1 saturated carbocycles. The highest BCUT2D eigenvalue weighted by molar-refractivity contribution is 9.10. The molecule has 0 spiro atoms. The van der Waals surface area contributed by atoms with Gasteiger partial charge in [-0.1, -0.05) is 29.3 Å². The van der Waals surface area contributed by atoms with Gasteiger partial charge in [0.05, 0.1) is 15.9 Å². The van der Waals surface area contributed by atoms with Crippen LogP contribution >= 0.6 is 31.9 Å². The summed E-state index contributed by atoms with van der Waals surface area (Å²) < 4.78 is 3.42. The lowest BCUT2D eigenvalue weighted by molar-refractivity contribution is 0.165. The van der Waals surface area contributed by atoms with E-state index in [1.807, 2.05) is 0 Å². The molecule has 2 rings (SSSR count). The summed E-state index contributed by atoms with van der Waals surface area (Å²) in [6.07, 6.45) is 6.23. The first kappa shape index (κ1) is 13.6. The smallest absolute Gasteiger partial charge is 0.0766 e. The fraction of sp³-hybridized carbons (Fsp3) is 0.769. The Balaban J connectivity index is 2.27. The number of halogens is 2. The molecule has 0 aromatic carbocycles. The molecule has 1 aromatic rings. The zero-order valence-corrected chi connectivity index (χ0v) is 13.8. The van der Waals surface area contributed by atoms with Gasteiger partial charge in [0.25, 0.3) is 0 Å². The van der Waals surface area contributed by atoms with Gasteiger partial charge in [-0.2, -0.15) is 5.10 Å². The summed E-state index contributed by atoms with van der Waals surface area (Å²) in [5, 5.41) is 5.79. The Morgan fingerprint density at radius 2 is 2.06 bits per heavy atom. The number of aryl methyl sites for hydroxylation is 2. The van der Waals surface area contributed by atoms with E-state index in [9.17, 15) is 0 Å². The third-order valence-corrected chi connectivity index (χ3v) is 6.04. The average Bonchev–Trinajstić information content (AvgIpc) is 2.60. The van der Waals surface area contributed by atoms with Crippen LogP contribution < -0.4 is 0 Å². The quantitative estimate of drug-likeness (QED) is 0.711. The van der Waals surface area contributed by atoms with Crippen LogP contribution in [-0.4, -0.2) is 15.1 Å². The second-order valence-electron chi connectivity index (χ2n) is 5.04. The monoisotopic (exact) mass is 362 g/mol. The zero-order valence-electron chi connectivity index (χ0n) is 10.6. The molecule has 1 aliphatic carbocycles. The number of hydrogen-bond donors (Lipinski definition) is 0. The lowest BCUT2D eigenvalue weighted by Crippen LogP contribution is -2.34. The predicted molar refractivity (Wildman–Crippen MR) is 78.8 cm³/mol. The van der Waals surface area contributed by atoms with Crippen LogP contribution in [0.15, 0.2) is 4.47 Å². The first-order chi connectivity index (χ1) is 8.15. The van der Waals surface area contributed by atoms with E-state index < -0.39 is 0 Å². The predicted octanol–water partition coefficient (Wildman–Crippen LogP) is 4.34. The van der Waals surface area contributed by atoms with Crippen molar-refractivity contribution in [3.8, 4) is 0 Å². The van der Waals surface area contributed by atoms with E-state index in [1.165, 1.54) is 35.1 Å². The van der Waals surface area contributed by atoms with Crippen LogP contribution in [0.25, 0.3) is 0 Å². The van der Waals surface area contributed by atoms with Gasteiger partial charge in [0.15, 0.2) is 0 Å². The van der Waals surface area contributed by atoms with Gasteiger partial charge in [-0.15, -0.1) is 0 Å². The molecular formula is C13H20Br2N2. The molecule has 17 heavy (non-hydrogen) atoms. The van der Waals surface area contributed by atoms with Crippen molar-refractivity contribution in [3.63, 3.8) is 0 Å². The largest absolute Gasteiger partial charge is 0.268 e. The van der Waals surface area contributed by atoms with E-state index in [0.29, 0.717) is 5.41 Å². The first-order valence-corrected chi connectivity index (χ1v) is 8.37. The van der Waals surface area contributed by atoms with Crippen molar-refractivity contribution in [3.05, 3.63) is 15.9 Å². The molecular weight excluding hydrogens is 344 g/mol. The van der Waals surface area contributed by atoms with E-state index in [0.717, 1.165) is 24.7 Å². The van der Waals surface area contributed by atoms with Gasteiger partial charge in [-0.05, 0) is 54.0 Å². The highest BCUT2D eigenvalue weighted by Crippen LogP contribution is 2.46. The summed E-state index contributed by atoms with van der Waals surface area (Å²) >= 11 is 7.43.